The summed E-state index contributed by atoms with van der Waals surface area (Å²) in [5.41, 5.74) is 8.80. The van der Waals surface area contributed by atoms with Gasteiger partial charge in [-0.05, 0) is 48.9 Å². The summed E-state index contributed by atoms with van der Waals surface area (Å²) in [6.45, 7) is 9.69. The molecule has 3 N–H and O–H groups in total. The molecule has 0 heterocycles. The zero-order valence-corrected chi connectivity index (χ0v) is 13.2. The van der Waals surface area contributed by atoms with Gasteiger partial charge in [-0.25, -0.2) is 0 Å². The van der Waals surface area contributed by atoms with E-state index in [0.717, 1.165) is 13.0 Å². The molecule has 0 aliphatic carbocycles. The average molecular weight is 262 g/mol. The Bertz CT molecular complexity index is 367. The second kappa shape index (κ2) is 7.06. The Morgan fingerprint density at radius 2 is 1.68 bits per heavy atom. The molecular formula is C17H30N2. The number of nitrogens with one attached hydrogen (secondary N) is 1. The van der Waals surface area contributed by atoms with Gasteiger partial charge < -0.3 is 11.1 Å². The molecular weight excluding hydrogens is 232 g/mol. The van der Waals surface area contributed by atoms with E-state index in [2.05, 4.69) is 57.3 Å². The first kappa shape index (κ1) is 16.2. The minimum Gasteiger partial charge on any atom is -0.330 e. The third-order valence-corrected chi connectivity index (χ3v) is 4.18. The van der Waals surface area contributed by atoms with Crippen LogP contribution >= 0.6 is 0 Å². The smallest absolute Gasteiger partial charge is 0.0323 e. The topological polar surface area (TPSA) is 38.0 Å². The van der Waals surface area contributed by atoms with Gasteiger partial charge in [-0.15, -0.1) is 0 Å². The van der Waals surface area contributed by atoms with E-state index in [1.54, 1.807) is 0 Å². The van der Waals surface area contributed by atoms with E-state index in [0.29, 0.717) is 12.0 Å². The summed E-state index contributed by atoms with van der Waals surface area (Å²) >= 11 is 0. The van der Waals surface area contributed by atoms with Gasteiger partial charge in [0.2, 0.25) is 0 Å². The van der Waals surface area contributed by atoms with Crippen LogP contribution < -0.4 is 11.1 Å². The van der Waals surface area contributed by atoms with E-state index < -0.39 is 0 Å². The first-order chi connectivity index (χ1) is 8.93. The van der Waals surface area contributed by atoms with Crippen LogP contribution in [0.5, 0.6) is 0 Å². The summed E-state index contributed by atoms with van der Waals surface area (Å²) in [4.78, 5) is 0. The van der Waals surface area contributed by atoms with Crippen LogP contribution in [-0.4, -0.2) is 13.6 Å². The van der Waals surface area contributed by atoms with Crippen molar-refractivity contribution in [3.63, 3.8) is 0 Å². The lowest BCUT2D eigenvalue weighted by Crippen LogP contribution is -2.30. The highest BCUT2D eigenvalue weighted by molar-refractivity contribution is 5.27. The molecule has 1 rings (SSSR count). The molecule has 0 aliphatic rings. The zero-order valence-electron chi connectivity index (χ0n) is 13.2. The van der Waals surface area contributed by atoms with Gasteiger partial charge in [0.1, 0.15) is 0 Å². The molecule has 0 radical (unpaired) electrons. The van der Waals surface area contributed by atoms with Crippen molar-refractivity contribution in [1.29, 1.82) is 0 Å². The Balaban J connectivity index is 2.82. The maximum Gasteiger partial charge on any atom is 0.0323 e. The summed E-state index contributed by atoms with van der Waals surface area (Å²) in [6, 6.07) is 9.43. The number of nitrogens with two attached hydrogens (primary N) is 1. The number of hydrogen-bond acceptors (Lipinski definition) is 2. The maximum atomic E-state index is 5.84. The van der Waals surface area contributed by atoms with Crippen molar-refractivity contribution in [2.24, 2.45) is 11.1 Å². The fraction of sp³-hybridized carbons (Fsp3) is 0.647. The van der Waals surface area contributed by atoms with Gasteiger partial charge in [0.05, 0.1) is 0 Å². The Hall–Kier alpha value is -0.860. The first-order valence-corrected chi connectivity index (χ1v) is 7.40. The lowest BCUT2D eigenvalue weighted by atomic mass is 9.83. The lowest BCUT2D eigenvalue weighted by molar-refractivity contribution is 0.299. The Morgan fingerprint density at radius 3 is 2.11 bits per heavy atom. The first-order valence-electron chi connectivity index (χ1n) is 7.40. The zero-order chi connectivity index (χ0) is 14.5. The van der Waals surface area contributed by atoms with Crippen LogP contribution in [-0.2, 0) is 0 Å². The molecule has 1 aromatic rings. The Kier molecular flexibility index (Phi) is 6.02. The van der Waals surface area contributed by atoms with E-state index in [9.17, 15) is 0 Å². The van der Waals surface area contributed by atoms with E-state index in [1.165, 1.54) is 17.5 Å². The molecule has 0 bridgehead atoms. The molecule has 0 amide bonds. The van der Waals surface area contributed by atoms with Gasteiger partial charge in [-0.1, -0.05) is 52.0 Å². The second-order valence-electron chi connectivity index (χ2n) is 6.39. The summed E-state index contributed by atoms with van der Waals surface area (Å²) < 4.78 is 0. The highest BCUT2D eigenvalue weighted by Gasteiger charge is 2.22. The second-order valence-corrected chi connectivity index (χ2v) is 6.39. The van der Waals surface area contributed by atoms with Crippen LogP contribution in [0, 0.1) is 5.41 Å². The fourth-order valence-electron chi connectivity index (χ4n) is 2.32. The monoisotopic (exact) mass is 262 g/mol. The van der Waals surface area contributed by atoms with Gasteiger partial charge in [-0.2, -0.15) is 0 Å². The van der Waals surface area contributed by atoms with Gasteiger partial charge >= 0.3 is 0 Å². The summed E-state index contributed by atoms with van der Waals surface area (Å²) in [7, 11) is 2.03. The molecule has 19 heavy (non-hydrogen) atoms. The molecule has 2 unspecified atom stereocenters. The molecule has 2 atom stereocenters. The van der Waals surface area contributed by atoms with Crippen LogP contribution in [0.1, 0.15) is 63.6 Å². The molecule has 0 aromatic heterocycles. The average Bonchev–Trinajstić information content (AvgIpc) is 2.44. The molecule has 108 valence electrons. The normalized spacial score (nSPS) is 15.3. The third-order valence-electron chi connectivity index (χ3n) is 4.18. The van der Waals surface area contributed by atoms with Crippen LogP contribution in [0.15, 0.2) is 24.3 Å². The van der Waals surface area contributed by atoms with Crippen molar-refractivity contribution in [3.8, 4) is 0 Å². The quantitative estimate of drug-likeness (QED) is 0.783. The molecule has 1 aromatic carbocycles. The predicted molar refractivity (Wildman–Crippen MR) is 84.4 cm³/mol. The highest BCUT2D eigenvalue weighted by atomic mass is 14.9. The van der Waals surface area contributed by atoms with Crippen LogP contribution in [0.2, 0.25) is 0 Å². The lowest BCUT2D eigenvalue weighted by Gasteiger charge is -2.28. The maximum absolute atomic E-state index is 5.84. The Morgan fingerprint density at radius 1 is 1.16 bits per heavy atom. The van der Waals surface area contributed by atoms with Crippen LogP contribution in [0.25, 0.3) is 0 Å². The number of benzene rings is 1. The standard InChI is InChI=1S/C17H30N2/c1-6-13(2)14-7-9-15(10-8-14)16(19-5)11-17(3,4)12-18/h7-10,13,16,19H,6,11-12,18H2,1-5H3. The van der Waals surface area contributed by atoms with E-state index in [1.807, 2.05) is 7.05 Å². The largest absolute Gasteiger partial charge is 0.330 e. The minimum atomic E-state index is 0.170. The summed E-state index contributed by atoms with van der Waals surface area (Å²) in [5.74, 6) is 0.641. The molecule has 0 spiro atoms. The van der Waals surface area contributed by atoms with Gasteiger partial charge in [0, 0.05) is 6.04 Å². The molecule has 0 saturated carbocycles. The molecule has 0 aliphatic heterocycles. The Labute approximate surface area is 118 Å². The van der Waals surface area contributed by atoms with Crippen LogP contribution in [0.4, 0.5) is 0 Å². The predicted octanol–water partition coefficient (Wildman–Crippen LogP) is 3.84. The highest BCUT2D eigenvalue weighted by Crippen LogP contribution is 2.30. The van der Waals surface area contributed by atoms with Crippen molar-refractivity contribution < 1.29 is 0 Å². The number of rotatable bonds is 7. The van der Waals surface area contributed by atoms with Gasteiger partial charge in [0.15, 0.2) is 0 Å². The van der Waals surface area contributed by atoms with Crippen molar-refractivity contribution in [2.45, 2.75) is 52.5 Å². The minimum absolute atomic E-state index is 0.170. The SMILES string of the molecule is CCC(C)c1ccc(C(CC(C)(C)CN)NC)cc1. The van der Waals surface area contributed by atoms with Crippen molar-refractivity contribution in [1.82, 2.24) is 5.32 Å². The number of hydrogen-bond donors (Lipinski definition) is 2. The molecule has 2 nitrogen and oxygen atoms in total. The summed E-state index contributed by atoms with van der Waals surface area (Å²) in [6.07, 6.45) is 2.25. The van der Waals surface area contributed by atoms with Gasteiger partial charge in [0.25, 0.3) is 0 Å². The molecule has 0 fully saturated rings. The van der Waals surface area contributed by atoms with Crippen LogP contribution in [0.3, 0.4) is 0 Å². The van der Waals surface area contributed by atoms with Gasteiger partial charge in [-0.3, -0.25) is 0 Å². The van der Waals surface area contributed by atoms with Crippen molar-refractivity contribution in [3.05, 3.63) is 35.4 Å². The summed E-state index contributed by atoms with van der Waals surface area (Å²) in [5, 5.41) is 3.42. The van der Waals surface area contributed by atoms with Crippen molar-refractivity contribution in [2.75, 3.05) is 13.6 Å². The van der Waals surface area contributed by atoms with Crippen molar-refractivity contribution >= 4 is 0 Å². The third kappa shape index (κ3) is 4.63. The van der Waals surface area contributed by atoms with E-state index in [4.69, 9.17) is 5.73 Å². The van der Waals surface area contributed by atoms with E-state index >= 15 is 0 Å². The van der Waals surface area contributed by atoms with E-state index in [-0.39, 0.29) is 5.41 Å². The molecule has 0 saturated heterocycles. The fourth-order valence-corrected chi connectivity index (χ4v) is 2.32. The molecule has 2 heteroatoms.